The normalized spacial score (nSPS) is 19.5. The van der Waals surface area contributed by atoms with E-state index in [1.165, 1.54) is 0 Å². The molecule has 4 rings (SSSR count). The lowest BCUT2D eigenvalue weighted by Gasteiger charge is -2.20. The van der Waals surface area contributed by atoms with Gasteiger partial charge >= 0.3 is 12.1 Å². The van der Waals surface area contributed by atoms with Crippen molar-refractivity contribution in [2.75, 3.05) is 26.3 Å². The summed E-state index contributed by atoms with van der Waals surface area (Å²) in [6, 6.07) is 16.3. The first kappa shape index (κ1) is 24.7. The topological polar surface area (TPSA) is 114 Å². The van der Waals surface area contributed by atoms with Crippen molar-refractivity contribution in [2.24, 2.45) is 11.8 Å². The summed E-state index contributed by atoms with van der Waals surface area (Å²) >= 11 is 0. The first-order valence-corrected chi connectivity index (χ1v) is 12.2. The molecule has 0 spiro atoms. The summed E-state index contributed by atoms with van der Waals surface area (Å²) in [6.07, 6.45) is 0.582. The molecule has 3 atom stereocenters. The van der Waals surface area contributed by atoms with E-state index < -0.39 is 24.1 Å². The Balaban J connectivity index is 1.27. The molecule has 8 heteroatoms. The van der Waals surface area contributed by atoms with Crippen LogP contribution in [0.1, 0.15) is 43.2 Å². The lowest BCUT2D eigenvalue weighted by Crippen LogP contribution is -2.44. The number of rotatable bonds is 10. The number of nitrogens with one attached hydrogen (secondary N) is 2. The third-order valence-electron chi connectivity index (χ3n) is 6.83. The molecule has 3 N–H and O–H groups in total. The highest BCUT2D eigenvalue weighted by Gasteiger charge is 2.35. The second kappa shape index (κ2) is 11.4. The average molecular weight is 481 g/mol. The molecule has 2 aromatic rings. The van der Waals surface area contributed by atoms with Gasteiger partial charge in [0.15, 0.2) is 0 Å². The van der Waals surface area contributed by atoms with E-state index in [9.17, 15) is 19.5 Å². The number of ether oxygens (including phenoxy) is 2. The molecule has 1 fully saturated rings. The maximum atomic E-state index is 12.6. The number of aliphatic carboxylic acids is 1. The summed E-state index contributed by atoms with van der Waals surface area (Å²) in [4.78, 5) is 36.4. The van der Waals surface area contributed by atoms with Crippen molar-refractivity contribution in [2.45, 2.75) is 38.2 Å². The van der Waals surface area contributed by atoms with Gasteiger partial charge in [-0.05, 0) is 35.1 Å². The van der Waals surface area contributed by atoms with E-state index in [0.717, 1.165) is 28.7 Å². The number of carboxylic acids is 1. The van der Waals surface area contributed by atoms with Crippen LogP contribution in [0.25, 0.3) is 11.1 Å². The van der Waals surface area contributed by atoms with E-state index in [1.807, 2.05) is 31.2 Å². The van der Waals surface area contributed by atoms with Crippen molar-refractivity contribution >= 4 is 18.0 Å². The molecule has 1 unspecified atom stereocenters. The van der Waals surface area contributed by atoms with E-state index in [1.54, 1.807) is 0 Å². The predicted octanol–water partition coefficient (Wildman–Crippen LogP) is 3.55. The highest BCUT2D eigenvalue weighted by Crippen LogP contribution is 2.44. The molecule has 2 aliphatic rings. The zero-order valence-electron chi connectivity index (χ0n) is 19.9. The Morgan fingerprint density at radius 3 is 2.34 bits per heavy atom. The lowest BCUT2D eigenvalue weighted by molar-refractivity contribution is -0.142. The van der Waals surface area contributed by atoms with Crippen LogP contribution in [-0.2, 0) is 19.1 Å². The lowest BCUT2D eigenvalue weighted by atomic mass is 9.98. The third-order valence-corrected chi connectivity index (χ3v) is 6.83. The monoisotopic (exact) mass is 480 g/mol. The van der Waals surface area contributed by atoms with Gasteiger partial charge in [-0.1, -0.05) is 61.9 Å². The number of carbonyl (C=O) groups is 3. The highest BCUT2D eigenvalue weighted by molar-refractivity contribution is 5.82. The number of hydrogen-bond acceptors (Lipinski definition) is 5. The second-order valence-electron chi connectivity index (χ2n) is 9.12. The first-order valence-electron chi connectivity index (χ1n) is 12.2. The van der Waals surface area contributed by atoms with Crippen molar-refractivity contribution < 1.29 is 29.0 Å². The molecule has 1 heterocycles. The van der Waals surface area contributed by atoms with Gasteiger partial charge in [-0.3, -0.25) is 9.59 Å². The van der Waals surface area contributed by atoms with Crippen molar-refractivity contribution in [3.63, 3.8) is 0 Å². The summed E-state index contributed by atoms with van der Waals surface area (Å²) < 4.78 is 11.2. The van der Waals surface area contributed by atoms with E-state index in [0.29, 0.717) is 19.4 Å². The zero-order valence-corrected chi connectivity index (χ0v) is 19.9. The minimum absolute atomic E-state index is 0.0215. The fourth-order valence-electron chi connectivity index (χ4n) is 4.98. The molecule has 2 amide bonds. The van der Waals surface area contributed by atoms with Crippen molar-refractivity contribution in [3.8, 4) is 11.1 Å². The number of hydrogen-bond donors (Lipinski definition) is 3. The summed E-state index contributed by atoms with van der Waals surface area (Å²) in [5.74, 6) is -2.11. The molecule has 0 saturated carbocycles. The van der Waals surface area contributed by atoms with Gasteiger partial charge < -0.3 is 25.2 Å². The van der Waals surface area contributed by atoms with Gasteiger partial charge in [0.2, 0.25) is 5.91 Å². The molecule has 0 bridgehead atoms. The Morgan fingerprint density at radius 1 is 1.06 bits per heavy atom. The SMILES string of the molecule is CCCC(CNC(=O)[C@H]1OCC[C@H]1CNC(=O)OCC1c2ccccc2-c2ccccc21)C(=O)O. The summed E-state index contributed by atoms with van der Waals surface area (Å²) in [6.45, 7) is 2.84. The summed E-state index contributed by atoms with van der Waals surface area (Å²) in [5.41, 5.74) is 4.62. The van der Waals surface area contributed by atoms with E-state index in [-0.39, 0.29) is 37.4 Å². The number of carboxylic acid groups (broad SMARTS) is 1. The Kier molecular flexibility index (Phi) is 8.02. The van der Waals surface area contributed by atoms with Crippen LogP contribution in [0.2, 0.25) is 0 Å². The summed E-state index contributed by atoms with van der Waals surface area (Å²) in [7, 11) is 0. The largest absolute Gasteiger partial charge is 0.481 e. The van der Waals surface area contributed by atoms with Crippen LogP contribution in [0.5, 0.6) is 0 Å². The standard InChI is InChI=1S/C27H32N2O6/c1-2-7-18(26(31)32)15-28-25(30)24-17(12-13-34-24)14-29-27(33)35-16-23-21-10-5-3-8-19(21)20-9-4-6-11-22(20)23/h3-6,8-11,17-18,23-24H,2,7,12-16H2,1H3,(H,28,30)(H,29,33)(H,31,32)/t17-,18?,24-/m0/s1. The number of carbonyl (C=O) groups excluding carboxylic acids is 2. The van der Waals surface area contributed by atoms with Crippen LogP contribution in [-0.4, -0.2) is 55.5 Å². The summed E-state index contributed by atoms with van der Waals surface area (Å²) in [5, 5.41) is 14.7. The molecule has 0 aromatic heterocycles. The number of fused-ring (bicyclic) bond motifs is 3. The fraction of sp³-hybridized carbons (Fsp3) is 0.444. The first-order chi connectivity index (χ1) is 17.0. The Bertz CT molecular complexity index is 1030. The maximum Gasteiger partial charge on any atom is 0.407 e. The molecule has 8 nitrogen and oxygen atoms in total. The number of amides is 2. The van der Waals surface area contributed by atoms with Gasteiger partial charge in [-0.2, -0.15) is 0 Å². The second-order valence-corrected chi connectivity index (χ2v) is 9.12. The van der Waals surface area contributed by atoms with E-state index in [2.05, 4.69) is 34.9 Å². The van der Waals surface area contributed by atoms with E-state index >= 15 is 0 Å². The highest BCUT2D eigenvalue weighted by atomic mass is 16.5. The smallest absolute Gasteiger partial charge is 0.407 e. The number of alkyl carbamates (subject to hydrolysis) is 1. The van der Waals surface area contributed by atoms with Crippen molar-refractivity contribution in [1.29, 1.82) is 0 Å². The minimum Gasteiger partial charge on any atom is -0.481 e. The Hall–Kier alpha value is -3.39. The Labute approximate surface area is 205 Å². The third kappa shape index (κ3) is 5.65. The minimum atomic E-state index is -0.923. The van der Waals surface area contributed by atoms with Crippen LogP contribution >= 0.6 is 0 Å². The zero-order chi connectivity index (χ0) is 24.8. The molecule has 35 heavy (non-hydrogen) atoms. The molecular weight excluding hydrogens is 448 g/mol. The molecule has 186 valence electrons. The van der Waals surface area contributed by atoms with Crippen molar-refractivity contribution in [1.82, 2.24) is 10.6 Å². The van der Waals surface area contributed by atoms with Gasteiger partial charge in [0.05, 0.1) is 5.92 Å². The van der Waals surface area contributed by atoms with E-state index in [4.69, 9.17) is 9.47 Å². The van der Waals surface area contributed by atoms with Crippen LogP contribution in [0.15, 0.2) is 48.5 Å². The maximum absolute atomic E-state index is 12.6. The molecule has 1 aliphatic heterocycles. The molecule has 1 saturated heterocycles. The van der Waals surface area contributed by atoms with Crippen LogP contribution in [0.3, 0.4) is 0 Å². The quantitative estimate of drug-likeness (QED) is 0.479. The molecule has 0 radical (unpaired) electrons. The number of benzene rings is 2. The van der Waals surface area contributed by atoms with Gasteiger partial charge in [0.1, 0.15) is 12.7 Å². The van der Waals surface area contributed by atoms with Gasteiger partial charge in [-0.15, -0.1) is 0 Å². The van der Waals surface area contributed by atoms with Gasteiger partial charge in [0.25, 0.3) is 0 Å². The van der Waals surface area contributed by atoms with Gasteiger partial charge in [0, 0.05) is 31.5 Å². The van der Waals surface area contributed by atoms with Crippen molar-refractivity contribution in [3.05, 3.63) is 59.7 Å². The predicted molar refractivity (Wildman–Crippen MR) is 130 cm³/mol. The average Bonchev–Trinajstić information content (AvgIpc) is 3.46. The van der Waals surface area contributed by atoms with Crippen LogP contribution < -0.4 is 10.6 Å². The Morgan fingerprint density at radius 2 is 1.71 bits per heavy atom. The molecular formula is C27H32N2O6. The van der Waals surface area contributed by atoms with Gasteiger partial charge in [-0.25, -0.2) is 4.79 Å². The molecule has 2 aromatic carbocycles. The van der Waals surface area contributed by atoms with Crippen LogP contribution in [0, 0.1) is 11.8 Å². The van der Waals surface area contributed by atoms with Crippen LogP contribution in [0.4, 0.5) is 4.79 Å². The fourth-order valence-corrected chi connectivity index (χ4v) is 4.98. The molecule has 1 aliphatic carbocycles.